The number of aliphatic imine (C=N–C) groups is 1. The molecule has 27 heavy (non-hydrogen) atoms. The first kappa shape index (κ1) is 17.0. The number of rotatable bonds is 4. The zero-order valence-corrected chi connectivity index (χ0v) is 15.2. The number of fused-ring (bicyclic) bond motifs is 1. The zero-order chi connectivity index (χ0) is 19.0. The van der Waals surface area contributed by atoms with E-state index in [4.69, 9.17) is 14.0 Å². The van der Waals surface area contributed by atoms with Crippen LogP contribution < -0.4 is 9.47 Å². The number of nitrogens with zero attached hydrogens (tertiary/aromatic N) is 2. The molecule has 6 heteroatoms. The summed E-state index contributed by atoms with van der Waals surface area (Å²) in [6.07, 6.45) is 0. The molecule has 0 saturated carbocycles. The van der Waals surface area contributed by atoms with E-state index < -0.39 is 5.92 Å². The summed E-state index contributed by atoms with van der Waals surface area (Å²) in [4.78, 5) is 17.7. The summed E-state index contributed by atoms with van der Waals surface area (Å²) in [6.45, 7) is 1.83. The van der Waals surface area contributed by atoms with Crippen LogP contribution in [0, 0.1) is 5.92 Å². The highest BCUT2D eigenvalue weighted by molar-refractivity contribution is 6.24. The number of carbonyl (C=O) groups excluding carboxylic acids is 1. The first-order valence-corrected chi connectivity index (χ1v) is 8.54. The minimum atomic E-state index is -0.457. The van der Waals surface area contributed by atoms with Crippen LogP contribution in [-0.4, -0.2) is 30.9 Å². The normalized spacial score (nSPS) is 15.9. The topological polar surface area (TPSA) is 73.9 Å². The van der Waals surface area contributed by atoms with Gasteiger partial charge in [0.15, 0.2) is 5.78 Å². The third-order valence-electron chi connectivity index (χ3n) is 4.68. The lowest BCUT2D eigenvalue weighted by Gasteiger charge is -2.20. The van der Waals surface area contributed by atoms with E-state index in [1.54, 1.807) is 20.3 Å². The maximum absolute atomic E-state index is 13.1. The van der Waals surface area contributed by atoms with E-state index in [2.05, 4.69) is 10.1 Å². The molecular weight excluding hydrogens is 344 g/mol. The van der Waals surface area contributed by atoms with Gasteiger partial charge in [-0.25, -0.2) is 4.99 Å². The molecule has 0 bridgehead atoms. The lowest BCUT2D eigenvalue weighted by molar-refractivity contribution is 0.0960. The number of aromatic nitrogens is 1. The fourth-order valence-corrected chi connectivity index (χ4v) is 3.22. The SMILES string of the molecule is COc1ccc(C2=Nc3onc(-c4ccccc4)c3C(=O)C2C)c(OC)c1. The van der Waals surface area contributed by atoms with E-state index >= 15 is 0 Å². The minimum Gasteiger partial charge on any atom is -0.497 e. The number of hydrogen-bond acceptors (Lipinski definition) is 6. The molecule has 0 aliphatic carbocycles. The van der Waals surface area contributed by atoms with Gasteiger partial charge >= 0.3 is 0 Å². The predicted molar refractivity (Wildman–Crippen MR) is 101 cm³/mol. The molecule has 2 heterocycles. The summed E-state index contributed by atoms with van der Waals surface area (Å²) in [5, 5.41) is 4.10. The van der Waals surface area contributed by atoms with Crippen molar-refractivity contribution < 1.29 is 18.8 Å². The molecule has 4 rings (SSSR count). The Hall–Kier alpha value is -3.41. The molecule has 0 radical (unpaired) electrons. The molecule has 1 atom stereocenters. The van der Waals surface area contributed by atoms with Crippen molar-refractivity contribution in [3.8, 4) is 22.8 Å². The second-order valence-electron chi connectivity index (χ2n) is 6.23. The van der Waals surface area contributed by atoms with Gasteiger partial charge in [0.05, 0.1) is 25.8 Å². The highest BCUT2D eigenvalue weighted by Gasteiger charge is 2.36. The van der Waals surface area contributed by atoms with E-state index in [1.807, 2.05) is 49.4 Å². The molecule has 0 N–H and O–H groups in total. The van der Waals surface area contributed by atoms with Crippen LogP contribution in [-0.2, 0) is 0 Å². The summed E-state index contributed by atoms with van der Waals surface area (Å²) < 4.78 is 16.1. The lowest BCUT2D eigenvalue weighted by atomic mass is 9.87. The largest absolute Gasteiger partial charge is 0.497 e. The van der Waals surface area contributed by atoms with Gasteiger partial charge in [-0.05, 0) is 19.1 Å². The second kappa shape index (κ2) is 6.72. The van der Waals surface area contributed by atoms with E-state index in [1.165, 1.54) is 0 Å². The summed E-state index contributed by atoms with van der Waals surface area (Å²) >= 11 is 0. The number of ketones is 1. The van der Waals surface area contributed by atoms with E-state index in [9.17, 15) is 4.79 Å². The minimum absolute atomic E-state index is 0.0759. The van der Waals surface area contributed by atoms with Crippen LogP contribution in [0.3, 0.4) is 0 Å². The Morgan fingerprint density at radius 2 is 1.81 bits per heavy atom. The molecule has 1 aliphatic heterocycles. The molecule has 0 saturated heterocycles. The second-order valence-corrected chi connectivity index (χ2v) is 6.23. The first-order valence-electron chi connectivity index (χ1n) is 8.54. The van der Waals surface area contributed by atoms with Gasteiger partial charge in [-0.15, -0.1) is 0 Å². The lowest BCUT2D eigenvalue weighted by Crippen LogP contribution is -2.26. The van der Waals surface area contributed by atoms with Crippen LogP contribution >= 0.6 is 0 Å². The van der Waals surface area contributed by atoms with E-state index in [0.29, 0.717) is 28.5 Å². The highest BCUT2D eigenvalue weighted by Crippen LogP contribution is 2.39. The van der Waals surface area contributed by atoms with Gasteiger partial charge in [-0.3, -0.25) is 4.79 Å². The van der Waals surface area contributed by atoms with Crippen molar-refractivity contribution in [1.29, 1.82) is 0 Å². The third-order valence-corrected chi connectivity index (χ3v) is 4.68. The van der Waals surface area contributed by atoms with Crippen molar-refractivity contribution in [1.82, 2.24) is 5.16 Å². The fourth-order valence-electron chi connectivity index (χ4n) is 3.22. The van der Waals surface area contributed by atoms with Crippen molar-refractivity contribution in [2.24, 2.45) is 10.9 Å². The summed E-state index contributed by atoms with van der Waals surface area (Å²) in [5.74, 6) is 0.941. The molecule has 0 amide bonds. The summed E-state index contributed by atoms with van der Waals surface area (Å²) in [7, 11) is 3.16. The Bertz CT molecular complexity index is 1040. The van der Waals surface area contributed by atoms with Crippen molar-refractivity contribution in [2.75, 3.05) is 14.2 Å². The quantitative estimate of drug-likeness (QED) is 0.691. The average molecular weight is 362 g/mol. The first-order chi connectivity index (χ1) is 13.1. The van der Waals surface area contributed by atoms with Gasteiger partial charge in [-0.1, -0.05) is 35.5 Å². The molecule has 3 aromatic rings. The van der Waals surface area contributed by atoms with Gasteiger partial charge in [0.25, 0.3) is 5.88 Å². The van der Waals surface area contributed by atoms with Crippen LogP contribution in [0.4, 0.5) is 5.88 Å². The van der Waals surface area contributed by atoms with Gasteiger partial charge in [0.1, 0.15) is 22.8 Å². The van der Waals surface area contributed by atoms with Crippen LogP contribution in [0.25, 0.3) is 11.3 Å². The van der Waals surface area contributed by atoms with Crippen molar-refractivity contribution in [2.45, 2.75) is 6.92 Å². The van der Waals surface area contributed by atoms with Crippen LogP contribution in [0.1, 0.15) is 22.8 Å². The smallest absolute Gasteiger partial charge is 0.262 e. The maximum atomic E-state index is 13.1. The molecule has 136 valence electrons. The number of Topliss-reactive ketones (excluding diaryl/α,β-unsaturated/α-hetero) is 1. The monoisotopic (exact) mass is 362 g/mol. The van der Waals surface area contributed by atoms with Crippen LogP contribution in [0.15, 0.2) is 58.0 Å². The number of hydrogen-bond donors (Lipinski definition) is 0. The Labute approximate surface area is 156 Å². The zero-order valence-electron chi connectivity index (χ0n) is 15.2. The molecule has 2 aromatic carbocycles. The molecule has 6 nitrogen and oxygen atoms in total. The highest BCUT2D eigenvalue weighted by atomic mass is 16.5. The van der Waals surface area contributed by atoms with Crippen molar-refractivity contribution in [3.05, 3.63) is 59.7 Å². The number of benzene rings is 2. The molecule has 0 spiro atoms. The van der Waals surface area contributed by atoms with Gasteiger partial charge in [-0.2, -0.15) is 0 Å². The molecule has 1 aromatic heterocycles. The molecular formula is C21H18N2O4. The number of ether oxygens (including phenoxy) is 2. The summed E-state index contributed by atoms with van der Waals surface area (Å²) in [6, 6.07) is 14.9. The van der Waals surface area contributed by atoms with E-state index in [-0.39, 0.29) is 11.7 Å². The number of carbonyl (C=O) groups is 1. The van der Waals surface area contributed by atoms with Crippen LogP contribution in [0.5, 0.6) is 11.5 Å². The summed E-state index contributed by atoms with van der Waals surface area (Å²) in [5.41, 5.74) is 3.07. The van der Waals surface area contributed by atoms with Crippen LogP contribution in [0.2, 0.25) is 0 Å². The van der Waals surface area contributed by atoms with Gasteiger partial charge in [0.2, 0.25) is 0 Å². The van der Waals surface area contributed by atoms with Crippen molar-refractivity contribution >= 4 is 17.4 Å². The maximum Gasteiger partial charge on any atom is 0.262 e. The van der Waals surface area contributed by atoms with Crippen molar-refractivity contribution in [3.63, 3.8) is 0 Å². The Morgan fingerprint density at radius 3 is 2.52 bits per heavy atom. The van der Waals surface area contributed by atoms with Gasteiger partial charge in [0, 0.05) is 17.2 Å². The number of methoxy groups -OCH3 is 2. The Balaban J connectivity index is 1.85. The standard InChI is InChI=1S/C21H18N2O4/c1-12-18(15-10-9-14(25-2)11-16(15)26-3)22-21-17(20(12)24)19(23-27-21)13-7-5-4-6-8-13/h4-12H,1-3H3. The Kier molecular flexibility index (Phi) is 4.24. The Morgan fingerprint density at radius 1 is 1.04 bits per heavy atom. The van der Waals surface area contributed by atoms with Gasteiger partial charge < -0.3 is 14.0 Å². The predicted octanol–water partition coefficient (Wildman–Crippen LogP) is 4.31. The molecule has 0 fully saturated rings. The molecule has 1 unspecified atom stereocenters. The van der Waals surface area contributed by atoms with E-state index in [0.717, 1.165) is 11.1 Å². The molecule has 1 aliphatic rings. The fraction of sp³-hybridized carbons (Fsp3) is 0.190. The average Bonchev–Trinajstić information content (AvgIpc) is 3.15. The third kappa shape index (κ3) is 2.79.